The Hall–Kier alpha value is -2.42. The number of amides is 1. The first-order chi connectivity index (χ1) is 11.9. The van der Waals surface area contributed by atoms with Crippen LogP contribution in [0, 0.1) is 11.3 Å². The van der Waals surface area contributed by atoms with Crippen molar-refractivity contribution in [2.75, 3.05) is 58.8 Å². The minimum absolute atomic E-state index is 0.0349. The third kappa shape index (κ3) is 3.11. The zero-order valence-corrected chi connectivity index (χ0v) is 14.7. The van der Waals surface area contributed by atoms with Crippen LogP contribution in [0.15, 0.2) is 12.4 Å². The number of likely N-dealkylation sites (N-methyl/N-ethyl adjacent to an activating group) is 1. The van der Waals surface area contributed by atoms with Crippen molar-refractivity contribution in [2.45, 2.75) is 0 Å². The average molecular weight is 349 g/mol. The second kappa shape index (κ2) is 6.47. The highest BCUT2D eigenvalue weighted by Crippen LogP contribution is 2.43. The number of carboxylic acid groups (broad SMARTS) is 1. The summed E-state index contributed by atoms with van der Waals surface area (Å²) in [6.45, 7) is 1.78. The number of hydrogen-bond donors (Lipinski definition) is 1. The second-order valence-electron chi connectivity index (χ2n) is 6.97. The summed E-state index contributed by atoms with van der Waals surface area (Å²) in [5.74, 6) is 0.00119. The summed E-state index contributed by atoms with van der Waals surface area (Å²) < 4.78 is 5.05. The number of aliphatic carboxylic acids is 1. The normalized spacial score (nSPS) is 25.4. The standard InChI is InChI=1S/C16H23N5O4/c1-19(2)8-13(22)20-6-11-7-21(10-16(11,9-20)14(23)24)15-17-4-12(25-3)5-18-15/h4-5,11H,6-10H2,1-3H3,(H,23,24)/t11-,16-/m0/s1. The number of carbonyl (C=O) groups excluding carboxylic acids is 1. The summed E-state index contributed by atoms with van der Waals surface area (Å²) in [7, 11) is 5.19. The van der Waals surface area contributed by atoms with Gasteiger partial charge in [-0.05, 0) is 14.1 Å². The number of anilines is 1. The van der Waals surface area contributed by atoms with Crippen molar-refractivity contribution in [1.82, 2.24) is 19.8 Å². The van der Waals surface area contributed by atoms with Gasteiger partial charge in [0.25, 0.3) is 0 Å². The van der Waals surface area contributed by atoms with E-state index in [0.29, 0.717) is 31.3 Å². The van der Waals surface area contributed by atoms with Gasteiger partial charge in [-0.3, -0.25) is 9.59 Å². The van der Waals surface area contributed by atoms with Crippen molar-refractivity contribution in [1.29, 1.82) is 0 Å². The van der Waals surface area contributed by atoms with Crippen LogP contribution >= 0.6 is 0 Å². The zero-order chi connectivity index (χ0) is 18.2. The number of nitrogens with zero attached hydrogens (tertiary/aromatic N) is 5. The predicted molar refractivity (Wildman–Crippen MR) is 89.5 cm³/mol. The largest absolute Gasteiger partial charge is 0.494 e. The van der Waals surface area contributed by atoms with E-state index < -0.39 is 11.4 Å². The van der Waals surface area contributed by atoms with Crippen LogP contribution in [0.2, 0.25) is 0 Å². The van der Waals surface area contributed by atoms with E-state index in [1.807, 2.05) is 19.0 Å². The lowest BCUT2D eigenvalue weighted by atomic mass is 9.81. The Bertz CT molecular complexity index is 665. The molecule has 3 heterocycles. The molecule has 2 aliphatic heterocycles. The predicted octanol–water partition coefficient (Wildman–Crippen LogP) is -0.604. The van der Waals surface area contributed by atoms with E-state index in [2.05, 4.69) is 9.97 Å². The van der Waals surface area contributed by atoms with Crippen LogP contribution in [0.5, 0.6) is 5.75 Å². The number of hydrogen-bond acceptors (Lipinski definition) is 7. The Morgan fingerprint density at radius 1 is 1.32 bits per heavy atom. The summed E-state index contributed by atoms with van der Waals surface area (Å²) in [5, 5.41) is 9.87. The van der Waals surface area contributed by atoms with Gasteiger partial charge in [0.05, 0.1) is 26.0 Å². The van der Waals surface area contributed by atoms with Gasteiger partial charge in [0, 0.05) is 32.1 Å². The average Bonchev–Trinajstić information content (AvgIpc) is 3.10. The first kappa shape index (κ1) is 17.4. The minimum Gasteiger partial charge on any atom is -0.494 e. The highest BCUT2D eigenvalue weighted by Gasteiger charge is 2.59. The molecule has 25 heavy (non-hydrogen) atoms. The third-order valence-electron chi connectivity index (χ3n) is 4.97. The molecule has 1 N–H and O–H groups in total. The van der Waals surface area contributed by atoms with Crippen molar-refractivity contribution >= 4 is 17.8 Å². The molecule has 2 atom stereocenters. The monoisotopic (exact) mass is 349 g/mol. The Balaban J connectivity index is 1.76. The van der Waals surface area contributed by atoms with Crippen LogP contribution in [0.3, 0.4) is 0 Å². The smallest absolute Gasteiger partial charge is 0.313 e. The van der Waals surface area contributed by atoms with Crippen LogP contribution in [0.25, 0.3) is 0 Å². The van der Waals surface area contributed by atoms with Gasteiger partial charge in [0.15, 0.2) is 5.75 Å². The fraction of sp³-hybridized carbons (Fsp3) is 0.625. The first-order valence-electron chi connectivity index (χ1n) is 8.12. The maximum atomic E-state index is 12.3. The topological polar surface area (TPSA) is 99.1 Å². The Morgan fingerprint density at radius 3 is 2.52 bits per heavy atom. The van der Waals surface area contributed by atoms with Gasteiger partial charge in [-0.25, -0.2) is 9.97 Å². The van der Waals surface area contributed by atoms with E-state index in [4.69, 9.17) is 4.74 Å². The summed E-state index contributed by atoms with van der Waals surface area (Å²) >= 11 is 0. The molecule has 1 aromatic rings. The molecule has 0 radical (unpaired) electrons. The molecule has 2 fully saturated rings. The molecule has 0 aliphatic carbocycles. The van der Waals surface area contributed by atoms with E-state index in [1.54, 1.807) is 22.2 Å². The van der Waals surface area contributed by atoms with E-state index in [0.717, 1.165) is 0 Å². The highest BCUT2D eigenvalue weighted by molar-refractivity contribution is 5.83. The summed E-state index contributed by atoms with van der Waals surface area (Å²) in [6, 6.07) is 0. The number of carbonyl (C=O) groups is 2. The van der Waals surface area contributed by atoms with Gasteiger partial charge in [-0.15, -0.1) is 0 Å². The molecule has 9 heteroatoms. The van der Waals surface area contributed by atoms with Crippen LogP contribution in [0.1, 0.15) is 0 Å². The Morgan fingerprint density at radius 2 is 2.00 bits per heavy atom. The first-order valence-corrected chi connectivity index (χ1v) is 8.12. The molecule has 0 unspecified atom stereocenters. The number of rotatable bonds is 5. The molecule has 0 bridgehead atoms. The maximum Gasteiger partial charge on any atom is 0.313 e. The van der Waals surface area contributed by atoms with Crippen LogP contribution in [-0.2, 0) is 9.59 Å². The van der Waals surface area contributed by atoms with Crippen molar-refractivity contribution in [2.24, 2.45) is 11.3 Å². The van der Waals surface area contributed by atoms with E-state index >= 15 is 0 Å². The number of fused-ring (bicyclic) bond motifs is 1. The van der Waals surface area contributed by atoms with Gasteiger partial charge in [0.2, 0.25) is 11.9 Å². The Labute approximate surface area is 146 Å². The fourth-order valence-corrected chi connectivity index (χ4v) is 3.66. The van der Waals surface area contributed by atoms with Crippen LogP contribution in [-0.4, -0.2) is 90.7 Å². The van der Waals surface area contributed by atoms with Crippen LogP contribution in [0.4, 0.5) is 5.95 Å². The molecule has 9 nitrogen and oxygen atoms in total. The van der Waals surface area contributed by atoms with Gasteiger partial charge in [-0.2, -0.15) is 0 Å². The minimum atomic E-state index is -0.967. The lowest BCUT2D eigenvalue weighted by Crippen LogP contribution is -2.43. The molecule has 136 valence electrons. The summed E-state index contributed by atoms with van der Waals surface area (Å²) in [4.78, 5) is 38.2. The zero-order valence-electron chi connectivity index (χ0n) is 14.7. The molecule has 2 saturated heterocycles. The van der Waals surface area contributed by atoms with E-state index in [-0.39, 0.29) is 24.9 Å². The van der Waals surface area contributed by atoms with Crippen molar-refractivity contribution < 1.29 is 19.4 Å². The number of ether oxygens (including phenoxy) is 1. The number of aromatic nitrogens is 2. The van der Waals surface area contributed by atoms with Crippen molar-refractivity contribution in [3.63, 3.8) is 0 Å². The van der Waals surface area contributed by atoms with Gasteiger partial charge < -0.3 is 24.5 Å². The van der Waals surface area contributed by atoms with Gasteiger partial charge in [-0.1, -0.05) is 0 Å². The number of methoxy groups -OCH3 is 1. The van der Waals surface area contributed by atoms with Gasteiger partial charge >= 0.3 is 5.97 Å². The molecule has 0 spiro atoms. The Kier molecular flexibility index (Phi) is 4.51. The quantitative estimate of drug-likeness (QED) is 0.752. The molecule has 1 amide bonds. The molecular weight excluding hydrogens is 326 g/mol. The van der Waals surface area contributed by atoms with Crippen molar-refractivity contribution in [3.8, 4) is 5.75 Å². The number of carboxylic acids is 1. The fourth-order valence-electron chi connectivity index (χ4n) is 3.66. The SMILES string of the molecule is COc1cnc(N2C[C@@H]3CN(C(=O)CN(C)C)C[C@]3(C(=O)O)C2)nc1. The molecule has 0 saturated carbocycles. The molecule has 0 aromatic carbocycles. The maximum absolute atomic E-state index is 12.3. The highest BCUT2D eigenvalue weighted by atomic mass is 16.5. The number of likely N-dealkylation sites (tertiary alicyclic amines) is 1. The van der Waals surface area contributed by atoms with Crippen LogP contribution < -0.4 is 9.64 Å². The molecule has 1 aromatic heterocycles. The molecular formula is C16H23N5O4. The second-order valence-corrected chi connectivity index (χ2v) is 6.97. The summed E-state index contributed by atoms with van der Waals surface area (Å²) in [6.07, 6.45) is 3.13. The molecule has 3 rings (SSSR count). The lowest BCUT2D eigenvalue weighted by molar-refractivity contribution is -0.148. The summed E-state index contributed by atoms with van der Waals surface area (Å²) in [5.41, 5.74) is -0.967. The van der Waals surface area contributed by atoms with Gasteiger partial charge in [0.1, 0.15) is 5.41 Å². The van der Waals surface area contributed by atoms with E-state index in [9.17, 15) is 14.7 Å². The molecule has 2 aliphatic rings. The third-order valence-corrected chi connectivity index (χ3v) is 4.97. The van der Waals surface area contributed by atoms with E-state index in [1.165, 1.54) is 7.11 Å². The van der Waals surface area contributed by atoms with Crippen molar-refractivity contribution in [3.05, 3.63) is 12.4 Å². The lowest BCUT2D eigenvalue weighted by Gasteiger charge is -2.26.